The van der Waals surface area contributed by atoms with Crippen LogP contribution in [-0.4, -0.2) is 19.1 Å². The summed E-state index contributed by atoms with van der Waals surface area (Å²) in [4.78, 5) is 12.7. The van der Waals surface area contributed by atoms with Crippen molar-refractivity contribution in [3.05, 3.63) is 64.7 Å². The molecule has 3 nitrogen and oxygen atoms in total. The Morgan fingerprint density at radius 2 is 1.75 bits per heavy atom. The van der Waals surface area contributed by atoms with E-state index in [0.717, 1.165) is 11.3 Å². The molecule has 3 rings (SSSR count). The molecule has 0 aliphatic heterocycles. The second kappa shape index (κ2) is 5.97. The van der Waals surface area contributed by atoms with Crippen LogP contribution in [0.1, 0.15) is 46.8 Å². The quantitative estimate of drug-likeness (QED) is 0.914. The van der Waals surface area contributed by atoms with Crippen molar-refractivity contribution >= 4 is 5.91 Å². The predicted molar refractivity (Wildman–Crippen MR) is 96.7 cm³/mol. The van der Waals surface area contributed by atoms with E-state index in [1.54, 1.807) is 7.11 Å². The largest absolute Gasteiger partial charge is 0.497 e. The Labute approximate surface area is 144 Å². The van der Waals surface area contributed by atoms with Crippen molar-refractivity contribution < 1.29 is 9.53 Å². The summed E-state index contributed by atoms with van der Waals surface area (Å²) in [5.74, 6) is 1.12. The van der Waals surface area contributed by atoms with Crippen molar-refractivity contribution in [2.75, 3.05) is 7.11 Å². The van der Waals surface area contributed by atoms with Crippen LogP contribution in [0.25, 0.3) is 0 Å². The van der Waals surface area contributed by atoms with Crippen LogP contribution in [0.15, 0.2) is 42.5 Å². The van der Waals surface area contributed by atoms with Crippen LogP contribution >= 0.6 is 0 Å². The standard InChI is InChI=1S/C21H25NO2/c1-13-6-8-15(9-7-13)18-19(21(18,3)4)22-20(23)17-11-10-16(24-5)12-14(17)2/h6-12,18-19H,1-5H3,(H,22,23). The van der Waals surface area contributed by atoms with E-state index in [9.17, 15) is 4.79 Å². The highest BCUT2D eigenvalue weighted by Gasteiger charge is 2.59. The first kappa shape index (κ1) is 16.6. The van der Waals surface area contributed by atoms with Crippen LogP contribution in [0, 0.1) is 19.3 Å². The third kappa shape index (κ3) is 2.91. The van der Waals surface area contributed by atoms with E-state index in [1.165, 1.54) is 11.1 Å². The number of amides is 1. The minimum absolute atomic E-state index is 0.0113. The summed E-state index contributed by atoms with van der Waals surface area (Å²) in [6, 6.07) is 14.3. The van der Waals surface area contributed by atoms with Gasteiger partial charge in [0, 0.05) is 17.5 Å². The number of carbonyl (C=O) groups is 1. The van der Waals surface area contributed by atoms with Gasteiger partial charge >= 0.3 is 0 Å². The van der Waals surface area contributed by atoms with Crippen LogP contribution in [0.5, 0.6) is 5.75 Å². The average Bonchev–Trinajstić information content (AvgIpc) is 3.08. The summed E-state index contributed by atoms with van der Waals surface area (Å²) in [5, 5.41) is 3.22. The molecule has 2 atom stereocenters. The lowest BCUT2D eigenvalue weighted by Gasteiger charge is -2.10. The summed E-state index contributed by atoms with van der Waals surface area (Å²) < 4.78 is 5.21. The maximum absolute atomic E-state index is 12.7. The van der Waals surface area contributed by atoms with Crippen LogP contribution in [0.4, 0.5) is 0 Å². The molecule has 0 bridgehead atoms. The molecule has 0 heterocycles. The molecule has 1 N–H and O–H groups in total. The number of carbonyl (C=O) groups excluding carboxylic acids is 1. The van der Waals surface area contributed by atoms with E-state index in [0.29, 0.717) is 11.5 Å². The van der Waals surface area contributed by atoms with Crippen molar-refractivity contribution in [3.8, 4) is 5.75 Å². The fourth-order valence-electron chi connectivity index (χ4n) is 3.54. The van der Waals surface area contributed by atoms with Crippen molar-refractivity contribution in [3.63, 3.8) is 0 Å². The molecule has 3 heteroatoms. The number of hydrogen-bond donors (Lipinski definition) is 1. The summed E-state index contributed by atoms with van der Waals surface area (Å²) in [6.07, 6.45) is 0. The minimum Gasteiger partial charge on any atom is -0.497 e. The first-order valence-corrected chi connectivity index (χ1v) is 8.36. The highest BCUT2D eigenvalue weighted by Crippen LogP contribution is 2.58. The molecular weight excluding hydrogens is 298 g/mol. The molecular formula is C21H25NO2. The third-order valence-electron chi connectivity index (χ3n) is 5.23. The van der Waals surface area contributed by atoms with Crippen molar-refractivity contribution in [2.45, 2.75) is 39.7 Å². The number of aryl methyl sites for hydroxylation is 2. The average molecular weight is 323 g/mol. The Morgan fingerprint density at radius 1 is 1.08 bits per heavy atom. The number of benzene rings is 2. The molecule has 2 aromatic carbocycles. The van der Waals surface area contributed by atoms with Gasteiger partial charge in [0.1, 0.15) is 5.75 Å². The Bertz CT molecular complexity index is 762. The zero-order valence-electron chi connectivity index (χ0n) is 15.0. The number of rotatable bonds is 4. The second-order valence-corrected chi connectivity index (χ2v) is 7.34. The van der Waals surface area contributed by atoms with Gasteiger partial charge in [-0.2, -0.15) is 0 Å². The topological polar surface area (TPSA) is 38.3 Å². The van der Waals surface area contributed by atoms with E-state index >= 15 is 0 Å². The van der Waals surface area contributed by atoms with Gasteiger partial charge in [-0.3, -0.25) is 4.79 Å². The number of methoxy groups -OCH3 is 1. The molecule has 1 aliphatic rings. The lowest BCUT2D eigenvalue weighted by atomic mass is 10.0. The minimum atomic E-state index is -0.0113. The van der Waals surface area contributed by atoms with Gasteiger partial charge in [0.25, 0.3) is 5.91 Å². The maximum Gasteiger partial charge on any atom is 0.251 e. The fraction of sp³-hybridized carbons (Fsp3) is 0.381. The first-order valence-electron chi connectivity index (χ1n) is 8.36. The van der Waals surface area contributed by atoms with Gasteiger partial charge in [0.2, 0.25) is 0 Å². The predicted octanol–water partition coefficient (Wildman–Crippen LogP) is 4.23. The van der Waals surface area contributed by atoms with Gasteiger partial charge < -0.3 is 10.1 Å². The summed E-state index contributed by atoms with van der Waals surface area (Å²) in [6.45, 7) is 8.45. The Morgan fingerprint density at radius 3 is 2.33 bits per heavy atom. The SMILES string of the molecule is COc1ccc(C(=O)NC2C(c3ccc(C)cc3)C2(C)C)c(C)c1. The van der Waals surface area contributed by atoms with Gasteiger partial charge in [-0.25, -0.2) is 0 Å². The van der Waals surface area contributed by atoms with Crippen molar-refractivity contribution in [1.82, 2.24) is 5.32 Å². The van der Waals surface area contributed by atoms with E-state index in [1.807, 2.05) is 25.1 Å². The summed E-state index contributed by atoms with van der Waals surface area (Å²) in [5.41, 5.74) is 4.26. The Kier molecular flexibility index (Phi) is 4.12. The molecule has 1 amide bonds. The molecule has 126 valence electrons. The molecule has 1 saturated carbocycles. The van der Waals surface area contributed by atoms with Crippen LogP contribution in [0.2, 0.25) is 0 Å². The van der Waals surface area contributed by atoms with Gasteiger partial charge in [-0.05, 0) is 48.6 Å². The van der Waals surface area contributed by atoms with Gasteiger partial charge in [0.05, 0.1) is 7.11 Å². The van der Waals surface area contributed by atoms with E-state index in [-0.39, 0.29) is 17.4 Å². The smallest absolute Gasteiger partial charge is 0.251 e. The first-order chi connectivity index (χ1) is 11.3. The maximum atomic E-state index is 12.7. The molecule has 2 aromatic rings. The fourth-order valence-corrected chi connectivity index (χ4v) is 3.54. The Hall–Kier alpha value is -2.29. The van der Waals surface area contributed by atoms with Gasteiger partial charge in [0.15, 0.2) is 0 Å². The lowest BCUT2D eigenvalue weighted by Crippen LogP contribution is -2.29. The van der Waals surface area contributed by atoms with E-state index in [2.05, 4.69) is 50.4 Å². The molecule has 0 aromatic heterocycles. The Balaban J connectivity index is 1.76. The summed E-state index contributed by atoms with van der Waals surface area (Å²) >= 11 is 0. The zero-order chi connectivity index (χ0) is 17.5. The molecule has 0 spiro atoms. The third-order valence-corrected chi connectivity index (χ3v) is 5.23. The van der Waals surface area contributed by atoms with Crippen LogP contribution < -0.4 is 10.1 Å². The molecule has 24 heavy (non-hydrogen) atoms. The van der Waals surface area contributed by atoms with E-state index < -0.39 is 0 Å². The van der Waals surface area contributed by atoms with Crippen molar-refractivity contribution in [1.29, 1.82) is 0 Å². The van der Waals surface area contributed by atoms with Gasteiger partial charge in [-0.1, -0.05) is 43.7 Å². The van der Waals surface area contributed by atoms with Crippen LogP contribution in [0.3, 0.4) is 0 Å². The lowest BCUT2D eigenvalue weighted by molar-refractivity contribution is 0.0945. The summed E-state index contributed by atoms with van der Waals surface area (Å²) in [7, 11) is 1.63. The molecule has 2 unspecified atom stereocenters. The molecule has 0 saturated heterocycles. The number of ether oxygens (including phenoxy) is 1. The van der Waals surface area contributed by atoms with Gasteiger partial charge in [-0.15, -0.1) is 0 Å². The van der Waals surface area contributed by atoms with Crippen LogP contribution in [-0.2, 0) is 0 Å². The number of hydrogen-bond acceptors (Lipinski definition) is 2. The highest BCUT2D eigenvalue weighted by molar-refractivity contribution is 5.96. The molecule has 1 fully saturated rings. The monoisotopic (exact) mass is 323 g/mol. The second-order valence-electron chi connectivity index (χ2n) is 7.34. The van der Waals surface area contributed by atoms with Crippen molar-refractivity contribution in [2.24, 2.45) is 5.41 Å². The normalized spacial score (nSPS) is 21.2. The highest BCUT2D eigenvalue weighted by atomic mass is 16.5. The number of nitrogens with one attached hydrogen (secondary N) is 1. The molecule has 0 radical (unpaired) electrons. The molecule has 1 aliphatic carbocycles. The van der Waals surface area contributed by atoms with E-state index in [4.69, 9.17) is 4.74 Å². The zero-order valence-corrected chi connectivity index (χ0v) is 15.0.